The molecule has 1 N–H and O–H groups in total. The van der Waals surface area contributed by atoms with Crippen molar-refractivity contribution in [2.24, 2.45) is 5.92 Å². The number of nitrogens with one attached hydrogen (secondary N) is 1. The second-order valence-electron chi connectivity index (χ2n) is 4.20. The second kappa shape index (κ2) is 5.35. The molecule has 0 aromatic carbocycles. The fourth-order valence-electron chi connectivity index (χ4n) is 2.20. The van der Waals surface area contributed by atoms with E-state index >= 15 is 0 Å². The van der Waals surface area contributed by atoms with Gasteiger partial charge in [0.05, 0.1) is 7.11 Å². The molecule has 1 aliphatic carbocycles. The molecule has 1 rings (SSSR count). The number of methoxy groups -OCH3 is 1. The van der Waals surface area contributed by atoms with Gasteiger partial charge in [-0.25, -0.2) is 0 Å². The molecule has 1 fully saturated rings. The van der Waals surface area contributed by atoms with Crippen LogP contribution in [0.4, 0.5) is 0 Å². The Bertz CT molecular complexity index is 194. The minimum absolute atomic E-state index is 0.162. The summed E-state index contributed by atoms with van der Waals surface area (Å²) in [4.78, 5) is 11.2. The summed E-state index contributed by atoms with van der Waals surface area (Å²) in [5.74, 6) is 0.683. The minimum Gasteiger partial charge on any atom is -0.468 e. The summed E-state index contributed by atoms with van der Waals surface area (Å²) in [5.41, 5.74) is 0. The summed E-state index contributed by atoms with van der Waals surface area (Å²) in [6.07, 6.45) is 4.95. The molecule has 0 spiro atoms. The lowest BCUT2D eigenvalue weighted by Gasteiger charge is -2.17. The van der Waals surface area contributed by atoms with Crippen molar-refractivity contribution in [3.05, 3.63) is 0 Å². The van der Waals surface area contributed by atoms with Crippen LogP contribution in [0.1, 0.15) is 39.5 Å². The van der Waals surface area contributed by atoms with E-state index < -0.39 is 0 Å². The van der Waals surface area contributed by atoms with Gasteiger partial charge in [0.15, 0.2) is 0 Å². The predicted molar refractivity (Wildman–Crippen MR) is 56.0 cm³/mol. The smallest absolute Gasteiger partial charge is 0.322 e. The molecule has 0 amide bonds. The molecule has 82 valence electrons. The lowest BCUT2D eigenvalue weighted by molar-refractivity contribution is -0.142. The van der Waals surface area contributed by atoms with Crippen LogP contribution in [0, 0.1) is 5.92 Å². The standard InChI is InChI=1S/C11H21NO2/c1-4-9-5-6-10(7-9)12-8(2)11(13)14-3/h8-10,12H,4-7H2,1-3H3/t8-,9?,10?/m0/s1. The normalized spacial score (nSPS) is 28.8. The van der Waals surface area contributed by atoms with Crippen LogP contribution in [-0.4, -0.2) is 25.2 Å². The number of ether oxygens (including phenoxy) is 1. The van der Waals surface area contributed by atoms with Gasteiger partial charge in [-0.2, -0.15) is 0 Å². The summed E-state index contributed by atoms with van der Waals surface area (Å²) < 4.78 is 4.67. The summed E-state index contributed by atoms with van der Waals surface area (Å²) in [7, 11) is 1.43. The minimum atomic E-state index is -0.166. The molecule has 1 saturated carbocycles. The monoisotopic (exact) mass is 199 g/mol. The molecule has 0 aromatic heterocycles. The Morgan fingerprint density at radius 1 is 1.57 bits per heavy atom. The van der Waals surface area contributed by atoms with Gasteiger partial charge in [-0.1, -0.05) is 13.3 Å². The molecule has 0 saturated heterocycles. The highest BCUT2D eigenvalue weighted by Crippen LogP contribution is 2.28. The fraction of sp³-hybridized carbons (Fsp3) is 0.909. The van der Waals surface area contributed by atoms with E-state index in [2.05, 4.69) is 17.0 Å². The summed E-state index contributed by atoms with van der Waals surface area (Å²) in [6, 6.07) is 0.342. The fourth-order valence-corrected chi connectivity index (χ4v) is 2.20. The third-order valence-electron chi connectivity index (χ3n) is 3.16. The van der Waals surface area contributed by atoms with E-state index in [-0.39, 0.29) is 12.0 Å². The first-order chi connectivity index (χ1) is 6.67. The maximum Gasteiger partial charge on any atom is 0.322 e. The SMILES string of the molecule is CCC1CCC(N[C@@H](C)C(=O)OC)C1. The van der Waals surface area contributed by atoms with E-state index in [0.29, 0.717) is 6.04 Å². The first-order valence-electron chi connectivity index (χ1n) is 5.51. The Morgan fingerprint density at radius 3 is 2.79 bits per heavy atom. The molecule has 3 heteroatoms. The molecule has 0 radical (unpaired) electrons. The largest absolute Gasteiger partial charge is 0.468 e. The van der Waals surface area contributed by atoms with Gasteiger partial charge in [-0.15, -0.1) is 0 Å². The average Bonchev–Trinajstić information content (AvgIpc) is 2.64. The van der Waals surface area contributed by atoms with Crippen LogP contribution in [0.15, 0.2) is 0 Å². The van der Waals surface area contributed by atoms with Gasteiger partial charge in [0.25, 0.3) is 0 Å². The maximum absolute atomic E-state index is 11.2. The van der Waals surface area contributed by atoms with Crippen LogP contribution >= 0.6 is 0 Å². The van der Waals surface area contributed by atoms with Gasteiger partial charge in [-0.05, 0) is 32.1 Å². The zero-order chi connectivity index (χ0) is 10.6. The van der Waals surface area contributed by atoms with Gasteiger partial charge >= 0.3 is 5.97 Å². The Labute approximate surface area is 86.2 Å². The highest BCUT2D eigenvalue weighted by molar-refractivity contribution is 5.75. The third kappa shape index (κ3) is 2.98. The molecule has 0 aliphatic heterocycles. The van der Waals surface area contributed by atoms with E-state index in [1.54, 1.807) is 0 Å². The Balaban J connectivity index is 2.28. The zero-order valence-electron chi connectivity index (χ0n) is 9.38. The third-order valence-corrected chi connectivity index (χ3v) is 3.16. The number of carbonyl (C=O) groups excluding carboxylic acids is 1. The van der Waals surface area contributed by atoms with Gasteiger partial charge in [0, 0.05) is 6.04 Å². The summed E-state index contributed by atoms with van der Waals surface area (Å²) in [6.45, 7) is 4.10. The number of hydrogen-bond donors (Lipinski definition) is 1. The van der Waals surface area contributed by atoms with Crippen LogP contribution in [0.25, 0.3) is 0 Å². The van der Waals surface area contributed by atoms with E-state index in [1.165, 1.54) is 32.8 Å². The number of hydrogen-bond acceptors (Lipinski definition) is 3. The molecule has 0 aromatic rings. The molecule has 14 heavy (non-hydrogen) atoms. The van der Waals surface area contributed by atoms with Crippen LogP contribution in [-0.2, 0) is 9.53 Å². The van der Waals surface area contributed by atoms with Crippen molar-refractivity contribution in [3.63, 3.8) is 0 Å². The van der Waals surface area contributed by atoms with Gasteiger partial charge in [0.1, 0.15) is 6.04 Å². The Kier molecular flexibility index (Phi) is 4.39. The first-order valence-corrected chi connectivity index (χ1v) is 5.51. The number of carbonyl (C=O) groups is 1. The van der Waals surface area contributed by atoms with Crippen molar-refractivity contribution in [2.45, 2.75) is 51.6 Å². The van der Waals surface area contributed by atoms with Crippen LogP contribution in [0.5, 0.6) is 0 Å². The Hall–Kier alpha value is -0.570. The average molecular weight is 199 g/mol. The van der Waals surface area contributed by atoms with Crippen molar-refractivity contribution in [2.75, 3.05) is 7.11 Å². The number of rotatable bonds is 4. The molecule has 2 unspecified atom stereocenters. The van der Waals surface area contributed by atoms with Gasteiger partial charge < -0.3 is 10.1 Å². The van der Waals surface area contributed by atoms with Crippen molar-refractivity contribution in [1.82, 2.24) is 5.32 Å². The van der Waals surface area contributed by atoms with Gasteiger partial charge in [-0.3, -0.25) is 4.79 Å². The lowest BCUT2D eigenvalue weighted by atomic mass is 10.1. The van der Waals surface area contributed by atoms with E-state index in [9.17, 15) is 4.79 Å². The lowest BCUT2D eigenvalue weighted by Crippen LogP contribution is -2.40. The van der Waals surface area contributed by atoms with Crippen LogP contribution in [0.2, 0.25) is 0 Å². The molecular weight excluding hydrogens is 178 g/mol. The van der Waals surface area contributed by atoms with E-state index in [1.807, 2.05) is 6.92 Å². The molecule has 1 aliphatic rings. The maximum atomic E-state index is 11.2. The summed E-state index contributed by atoms with van der Waals surface area (Å²) in [5, 5.41) is 3.32. The molecule has 0 heterocycles. The van der Waals surface area contributed by atoms with Gasteiger partial charge in [0.2, 0.25) is 0 Å². The van der Waals surface area contributed by atoms with Crippen molar-refractivity contribution in [1.29, 1.82) is 0 Å². The molecule has 3 atom stereocenters. The van der Waals surface area contributed by atoms with Crippen LogP contribution < -0.4 is 5.32 Å². The molecular formula is C11H21NO2. The number of esters is 1. The topological polar surface area (TPSA) is 38.3 Å². The van der Waals surface area contributed by atoms with E-state index in [4.69, 9.17) is 0 Å². The van der Waals surface area contributed by atoms with Crippen molar-refractivity contribution in [3.8, 4) is 0 Å². The van der Waals surface area contributed by atoms with Crippen molar-refractivity contribution < 1.29 is 9.53 Å². The van der Waals surface area contributed by atoms with Crippen LogP contribution in [0.3, 0.4) is 0 Å². The van der Waals surface area contributed by atoms with E-state index in [0.717, 1.165) is 5.92 Å². The highest BCUT2D eigenvalue weighted by Gasteiger charge is 2.26. The molecule has 3 nitrogen and oxygen atoms in total. The Morgan fingerprint density at radius 2 is 2.29 bits per heavy atom. The first kappa shape index (κ1) is 11.5. The van der Waals surface area contributed by atoms with Crippen molar-refractivity contribution >= 4 is 5.97 Å². The predicted octanol–water partition coefficient (Wildman–Crippen LogP) is 1.72. The summed E-state index contributed by atoms with van der Waals surface area (Å²) >= 11 is 0. The molecule has 0 bridgehead atoms. The second-order valence-corrected chi connectivity index (χ2v) is 4.20. The highest BCUT2D eigenvalue weighted by atomic mass is 16.5. The quantitative estimate of drug-likeness (QED) is 0.701. The zero-order valence-corrected chi connectivity index (χ0v) is 9.38.